The molecule has 1 heterocycles. The molecule has 0 N–H and O–H groups in total. The minimum atomic E-state index is -0.317. The number of nitriles is 1. The third-order valence-corrected chi connectivity index (χ3v) is 3.72. The first-order valence-corrected chi connectivity index (χ1v) is 7.72. The maximum atomic E-state index is 12.9. The molecule has 0 bridgehead atoms. The molecule has 0 spiro atoms. The van der Waals surface area contributed by atoms with Crippen LogP contribution in [0.15, 0.2) is 60.4 Å². The number of ketones is 1. The van der Waals surface area contributed by atoms with Crippen molar-refractivity contribution >= 4 is 34.6 Å². The molecule has 0 amide bonds. The van der Waals surface area contributed by atoms with Gasteiger partial charge in [-0.05, 0) is 24.3 Å². The first-order chi connectivity index (χ1) is 12.0. The van der Waals surface area contributed by atoms with E-state index >= 15 is 0 Å². The number of aromatic nitrogens is 1. The summed E-state index contributed by atoms with van der Waals surface area (Å²) >= 11 is 5.86. The van der Waals surface area contributed by atoms with Crippen molar-refractivity contribution < 1.29 is 9.36 Å². The van der Waals surface area contributed by atoms with Crippen LogP contribution in [0.5, 0.6) is 0 Å². The van der Waals surface area contributed by atoms with Crippen LogP contribution in [0.3, 0.4) is 0 Å². The monoisotopic (exact) mass is 350 g/mol. The van der Waals surface area contributed by atoms with Crippen molar-refractivity contribution in [3.05, 3.63) is 76.4 Å². The van der Waals surface area contributed by atoms with Crippen molar-refractivity contribution in [2.75, 3.05) is 19.0 Å². The fraction of sp³-hybridized carbons (Fsp3) is 0.105. The highest BCUT2D eigenvalue weighted by atomic mass is 35.5. The summed E-state index contributed by atoms with van der Waals surface area (Å²) in [6.45, 7) is 0. The molecule has 0 atom stereocenters. The van der Waals surface area contributed by atoms with Crippen molar-refractivity contribution in [2.24, 2.45) is 0 Å². The second-order valence-corrected chi connectivity index (χ2v) is 5.80. The second kappa shape index (κ2) is 8.07. The van der Waals surface area contributed by atoms with Gasteiger partial charge in [0, 0.05) is 48.6 Å². The lowest BCUT2D eigenvalue weighted by molar-refractivity contribution is -0.576. The molecule has 0 fully saturated rings. The van der Waals surface area contributed by atoms with Crippen molar-refractivity contribution in [3.8, 4) is 6.07 Å². The topological polar surface area (TPSA) is 70.3 Å². The van der Waals surface area contributed by atoms with Gasteiger partial charge in [-0.3, -0.25) is 10.7 Å². The zero-order chi connectivity index (χ0) is 18.4. The molecular formula is C19H15ClN4O. The molecule has 0 aliphatic rings. The van der Waals surface area contributed by atoms with Gasteiger partial charge in [0.1, 0.15) is 6.07 Å². The summed E-state index contributed by atoms with van der Waals surface area (Å²) in [5.74, 6) is 1.46. The number of carbonyl (C=O) groups is 1. The van der Waals surface area contributed by atoms with Crippen LogP contribution in [0, 0.1) is 11.3 Å². The standard InChI is InChI=1S/C19H15ClN4O/c1-23(2)17-7-9-24(10-8-17)18(11-14(12-21)13-22)19(25)15-3-5-16(20)6-4-15/h3-11H,1-2H3. The number of allylic oxidation sites excluding steroid dienone is 3. The molecule has 0 saturated carbocycles. The summed E-state index contributed by atoms with van der Waals surface area (Å²) in [7, 11) is 3.82. The Morgan fingerprint density at radius 2 is 1.80 bits per heavy atom. The summed E-state index contributed by atoms with van der Waals surface area (Å²) in [5.41, 5.74) is 1.42. The average Bonchev–Trinajstić information content (AvgIpc) is 2.63. The van der Waals surface area contributed by atoms with E-state index in [1.165, 1.54) is 6.08 Å². The van der Waals surface area contributed by atoms with E-state index in [2.05, 4.69) is 0 Å². The van der Waals surface area contributed by atoms with Crippen LogP contribution in [-0.2, 0) is 0 Å². The Labute approximate surface area is 151 Å². The number of Topliss-reactive ketones (excluding diaryl/α,β-unsaturated/α-hetero) is 1. The Bertz CT molecular complexity index is 900. The van der Waals surface area contributed by atoms with Gasteiger partial charge in [-0.1, -0.05) is 11.6 Å². The van der Waals surface area contributed by atoms with Crippen molar-refractivity contribution in [1.29, 1.82) is 5.26 Å². The molecular weight excluding hydrogens is 336 g/mol. The predicted molar refractivity (Wildman–Crippen MR) is 98.5 cm³/mol. The SMILES string of the molecule is CN(C)c1cc[n+](C(=CC(=C=[N-])C#N)C(=O)c2ccc(Cl)cc2)cc1. The smallest absolute Gasteiger partial charge is 0.260 e. The summed E-state index contributed by atoms with van der Waals surface area (Å²) < 4.78 is 1.58. The molecule has 6 heteroatoms. The Morgan fingerprint density at radius 3 is 2.28 bits per heavy atom. The van der Waals surface area contributed by atoms with Gasteiger partial charge in [0.25, 0.3) is 11.5 Å². The third kappa shape index (κ3) is 4.42. The molecule has 0 unspecified atom stereocenters. The van der Waals surface area contributed by atoms with Gasteiger partial charge in [-0.2, -0.15) is 9.83 Å². The molecule has 25 heavy (non-hydrogen) atoms. The number of hydrogen-bond acceptors (Lipinski definition) is 3. The van der Waals surface area contributed by atoms with E-state index in [1.54, 1.807) is 53.2 Å². The van der Waals surface area contributed by atoms with Crippen molar-refractivity contribution in [1.82, 2.24) is 0 Å². The molecule has 0 radical (unpaired) electrons. The van der Waals surface area contributed by atoms with Crippen LogP contribution in [-0.4, -0.2) is 25.7 Å². The third-order valence-electron chi connectivity index (χ3n) is 3.47. The van der Waals surface area contributed by atoms with E-state index in [9.17, 15) is 4.79 Å². The van der Waals surface area contributed by atoms with Crippen LogP contribution in [0.1, 0.15) is 10.4 Å². The highest BCUT2D eigenvalue weighted by molar-refractivity contribution is 6.31. The minimum Gasteiger partial charge on any atom is -0.762 e. The molecule has 124 valence electrons. The first-order valence-electron chi connectivity index (χ1n) is 7.34. The van der Waals surface area contributed by atoms with E-state index in [1.807, 2.05) is 31.1 Å². The number of rotatable bonds is 5. The Hall–Kier alpha value is -3.19. The summed E-state index contributed by atoms with van der Waals surface area (Å²) in [6.07, 6.45) is 4.70. The van der Waals surface area contributed by atoms with E-state index < -0.39 is 0 Å². The number of anilines is 1. The lowest BCUT2D eigenvalue weighted by Gasteiger charge is -2.10. The van der Waals surface area contributed by atoms with Gasteiger partial charge < -0.3 is 10.3 Å². The maximum Gasteiger partial charge on any atom is 0.260 e. The number of halogens is 1. The van der Waals surface area contributed by atoms with Crippen LogP contribution in [0.25, 0.3) is 11.1 Å². The van der Waals surface area contributed by atoms with Crippen LogP contribution < -0.4 is 9.47 Å². The lowest BCUT2D eigenvalue weighted by atomic mass is 10.1. The van der Waals surface area contributed by atoms with Gasteiger partial charge in [0.15, 0.2) is 12.4 Å². The Kier molecular flexibility index (Phi) is 5.86. The minimum absolute atomic E-state index is 0.151. The van der Waals surface area contributed by atoms with E-state index in [4.69, 9.17) is 22.3 Å². The average molecular weight is 351 g/mol. The quantitative estimate of drug-likeness (QED) is 0.208. The normalized spacial score (nSPS) is 10.6. The highest BCUT2D eigenvalue weighted by Crippen LogP contribution is 2.15. The summed E-state index contributed by atoms with van der Waals surface area (Å²) in [4.78, 5) is 14.8. The van der Waals surface area contributed by atoms with E-state index in [0.29, 0.717) is 10.6 Å². The molecule has 5 nitrogen and oxygen atoms in total. The van der Waals surface area contributed by atoms with Gasteiger partial charge in [-0.15, -0.1) is 0 Å². The number of pyridine rings is 1. The number of benzene rings is 1. The fourth-order valence-electron chi connectivity index (χ4n) is 2.11. The number of carbonyl (C=O) groups excluding carboxylic acids is 1. The molecule has 2 aromatic rings. The zero-order valence-corrected chi connectivity index (χ0v) is 14.5. The predicted octanol–water partition coefficient (Wildman–Crippen LogP) is 3.11. The molecule has 0 aliphatic heterocycles. The number of hydrogen-bond donors (Lipinski definition) is 0. The van der Waals surface area contributed by atoms with Gasteiger partial charge in [0.2, 0.25) is 0 Å². The summed E-state index contributed by atoms with van der Waals surface area (Å²) in [6, 6.07) is 11.9. The Balaban J connectivity index is 2.54. The summed E-state index contributed by atoms with van der Waals surface area (Å²) in [5, 5.41) is 18.6. The van der Waals surface area contributed by atoms with Gasteiger partial charge in [-0.25, -0.2) is 0 Å². The van der Waals surface area contributed by atoms with Gasteiger partial charge in [0.05, 0.1) is 5.57 Å². The second-order valence-electron chi connectivity index (χ2n) is 5.36. The molecule has 0 saturated heterocycles. The number of nitrogens with zero attached hydrogens (tertiary/aromatic N) is 4. The van der Waals surface area contributed by atoms with Crippen LogP contribution >= 0.6 is 11.6 Å². The maximum absolute atomic E-state index is 12.9. The largest absolute Gasteiger partial charge is 0.762 e. The van der Waals surface area contributed by atoms with Gasteiger partial charge >= 0.3 is 0 Å². The molecule has 1 aromatic carbocycles. The fourth-order valence-corrected chi connectivity index (χ4v) is 2.24. The Morgan fingerprint density at radius 1 is 1.20 bits per heavy atom. The highest BCUT2D eigenvalue weighted by Gasteiger charge is 2.22. The molecule has 2 rings (SSSR count). The zero-order valence-electron chi connectivity index (χ0n) is 13.8. The van der Waals surface area contributed by atoms with Crippen LogP contribution in [0.2, 0.25) is 5.02 Å². The van der Waals surface area contributed by atoms with E-state index in [-0.39, 0.29) is 17.1 Å². The van der Waals surface area contributed by atoms with Crippen LogP contribution in [0.4, 0.5) is 5.69 Å². The first kappa shape index (κ1) is 18.2. The lowest BCUT2D eigenvalue weighted by Crippen LogP contribution is -2.36. The van der Waals surface area contributed by atoms with Crippen molar-refractivity contribution in [3.63, 3.8) is 0 Å². The molecule has 0 aliphatic carbocycles. The van der Waals surface area contributed by atoms with E-state index in [0.717, 1.165) is 5.69 Å². The van der Waals surface area contributed by atoms with Crippen molar-refractivity contribution in [2.45, 2.75) is 0 Å². The molecule has 1 aromatic heterocycles.